The van der Waals surface area contributed by atoms with Gasteiger partial charge in [0.25, 0.3) is 5.91 Å². The molecule has 4 nitrogen and oxygen atoms in total. The number of anilines is 1. The van der Waals surface area contributed by atoms with E-state index in [1.807, 2.05) is 25.1 Å². The highest BCUT2D eigenvalue weighted by Gasteiger charge is 2.10. The molecule has 1 aromatic heterocycles. The molecule has 0 saturated heterocycles. The van der Waals surface area contributed by atoms with Crippen molar-refractivity contribution in [3.05, 3.63) is 53.6 Å². The van der Waals surface area contributed by atoms with Crippen molar-refractivity contribution in [1.29, 1.82) is 0 Å². The van der Waals surface area contributed by atoms with Gasteiger partial charge in [-0.15, -0.1) is 0 Å². The number of nitrogens with one attached hydrogen (secondary N) is 1. The van der Waals surface area contributed by atoms with Gasteiger partial charge < -0.3 is 5.32 Å². The minimum absolute atomic E-state index is 0.181. The topological polar surface area (TPSA) is 54.9 Å². The van der Waals surface area contributed by atoms with Crippen LogP contribution in [0.5, 0.6) is 0 Å². The number of carbonyl (C=O) groups excluding carboxylic acids is 1. The molecule has 4 heteroatoms. The molecule has 0 aliphatic rings. The van der Waals surface area contributed by atoms with Gasteiger partial charge in [-0.3, -0.25) is 4.79 Å². The molecular weight excluding hydrogens is 226 g/mol. The van der Waals surface area contributed by atoms with Gasteiger partial charge in [-0.05, 0) is 24.5 Å². The number of amides is 1. The van der Waals surface area contributed by atoms with Crippen molar-refractivity contribution >= 4 is 11.6 Å². The summed E-state index contributed by atoms with van der Waals surface area (Å²) >= 11 is 0. The normalized spacial score (nSPS) is 10.1. The molecule has 0 aliphatic heterocycles. The van der Waals surface area contributed by atoms with E-state index in [1.165, 1.54) is 18.7 Å². The lowest BCUT2D eigenvalue weighted by Crippen LogP contribution is -2.14. The second kappa shape index (κ2) is 5.40. The van der Waals surface area contributed by atoms with Crippen LogP contribution in [0.25, 0.3) is 0 Å². The molecule has 0 saturated carbocycles. The Morgan fingerprint density at radius 2 is 2.00 bits per heavy atom. The third-order valence-electron chi connectivity index (χ3n) is 2.80. The summed E-state index contributed by atoms with van der Waals surface area (Å²) in [5.41, 5.74) is 3.52. The van der Waals surface area contributed by atoms with Crippen molar-refractivity contribution in [1.82, 2.24) is 9.97 Å². The zero-order valence-electron chi connectivity index (χ0n) is 10.5. The van der Waals surface area contributed by atoms with E-state index in [9.17, 15) is 4.79 Å². The van der Waals surface area contributed by atoms with E-state index in [-0.39, 0.29) is 5.91 Å². The molecular formula is C14H15N3O. The Morgan fingerprint density at radius 1 is 1.28 bits per heavy atom. The predicted octanol–water partition coefficient (Wildman–Crippen LogP) is 2.60. The number of aromatic nitrogens is 2. The van der Waals surface area contributed by atoms with Crippen molar-refractivity contribution in [2.75, 3.05) is 5.32 Å². The summed E-state index contributed by atoms with van der Waals surface area (Å²) in [6, 6.07) is 6.00. The number of hydrogen-bond donors (Lipinski definition) is 1. The van der Waals surface area contributed by atoms with Gasteiger partial charge in [-0.1, -0.05) is 25.1 Å². The Hall–Kier alpha value is -2.23. The molecule has 0 radical (unpaired) electrons. The molecule has 0 atom stereocenters. The van der Waals surface area contributed by atoms with Crippen LogP contribution in [0.4, 0.5) is 5.69 Å². The first-order valence-electron chi connectivity index (χ1n) is 5.87. The Labute approximate surface area is 106 Å². The van der Waals surface area contributed by atoms with E-state index in [4.69, 9.17) is 0 Å². The molecule has 0 fully saturated rings. The molecule has 0 aliphatic carbocycles. The maximum atomic E-state index is 12.0. The zero-order chi connectivity index (χ0) is 13.0. The van der Waals surface area contributed by atoms with Crippen molar-refractivity contribution in [2.45, 2.75) is 20.3 Å². The SMILES string of the molecule is CCc1cccc(C)c1NC(=O)c1cncnc1. The van der Waals surface area contributed by atoms with Crippen molar-refractivity contribution in [2.24, 2.45) is 0 Å². The Kier molecular flexibility index (Phi) is 3.67. The van der Waals surface area contributed by atoms with Gasteiger partial charge in [0.1, 0.15) is 6.33 Å². The molecule has 1 amide bonds. The average Bonchev–Trinajstić information content (AvgIpc) is 2.42. The number of benzene rings is 1. The summed E-state index contributed by atoms with van der Waals surface area (Å²) in [6.07, 6.45) is 5.29. The maximum absolute atomic E-state index is 12.0. The highest BCUT2D eigenvalue weighted by molar-refractivity contribution is 6.04. The molecule has 0 unspecified atom stereocenters. The van der Waals surface area contributed by atoms with Gasteiger partial charge in [-0.2, -0.15) is 0 Å². The summed E-state index contributed by atoms with van der Waals surface area (Å²) in [5.74, 6) is -0.181. The number of hydrogen-bond acceptors (Lipinski definition) is 3. The molecule has 1 heterocycles. The van der Waals surface area contributed by atoms with Gasteiger partial charge in [0.2, 0.25) is 0 Å². The molecule has 92 valence electrons. The quantitative estimate of drug-likeness (QED) is 0.898. The molecule has 1 aromatic carbocycles. The molecule has 2 rings (SSSR count). The lowest BCUT2D eigenvalue weighted by molar-refractivity contribution is 0.102. The lowest BCUT2D eigenvalue weighted by Gasteiger charge is -2.12. The summed E-state index contributed by atoms with van der Waals surface area (Å²) in [5, 5.41) is 2.93. The maximum Gasteiger partial charge on any atom is 0.258 e. The highest BCUT2D eigenvalue weighted by atomic mass is 16.1. The Bertz CT molecular complexity index is 552. The first kappa shape index (κ1) is 12.2. The minimum atomic E-state index is -0.181. The van der Waals surface area contributed by atoms with Crippen LogP contribution in [0.15, 0.2) is 36.9 Å². The third kappa shape index (κ3) is 2.53. The van der Waals surface area contributed by atoms with Gasteiger partial charge in [0.05, 0.1) is 5.56 Å². The monoisotopic (exact) mass is 241 g/mol. The van der Waals surface area contributed by atoms with Gasteiger partial charge in [0.15, 0.2) is 0 Å². The number of aryl methyl sites for hydroxylation is 2. The lowest BCUT2D eigenvalue weighted by atomic mass is 10.1. The first-order chi connectivity index (χ1) is 8.72. The summed E-state index contributed by atoms with van der Waals surface area (Å²) < 4.78 is 0. The van der Waals surface area contributed by atoms with Gasteiger partial charge >= 0.3 is 0 Å². The van der Waals surface area contributed by atoms with Crippen LogP contribution in [0.2, 0.25) is 0 Å². The minimum Gasteiger partial charge on any atom is -0.321 e. The highest BCUT2D eigenvalue weighted by Crippen LogP contribution is 2.21. The van der Waals surface area contributed by atoms with E-state index in [2.05, 4.69) is 22.2 Å². The fourth-order valence-electron chi connectivity index (χ4n) is 1.80. The average molecular weight is 241 g/mol. The smallest absolute Gasteiger partial charge is 0.258 e. The van der Waals surface area contributed by atoms with Crippen LogP contribution in [0.3, 0.4) is 0 Å². The summed E-state index contributed by atoms with van der Waals surface area (Å²) in [4.78, 5) is 19.7. The molecule has 18 heavy (non-hydrogen) atoms. The van der Waals surface area contributed by atoms with Crippen LogP contribution in [0, 0.1) is 6.92 Å². The zero-order valence-corrected chi connectivity index (χ0v) is 10.5. The molecule has 2 aromatic rings. The van der Waals surface area contributed by atoms with Crippen LogP contribution in [-0.4, -0.2) is 15.9 Å². The third-order valence-corrected chi connectivity index (χ3v) is 2.80. The molecule has 1 N–H and O–H groups in total. The van der Waals surface area contributed by atoms with E-state index >= 15 is 0 Å². The number of nitrogens with zero attached hydrogens (tertiary/aromatic N) is 2. The molecule has 0 bridgehead atoms. The van der Waals surface area contributed by atoms with Crippen LogP contribution in [-0.2, 0) is 6.42 Å². The van der Waals surface area contributed by atoms with E-state index in [1.54, 1.807) is 0 Å². The fraction of sp³-hybridized carbons (Fsp3) is 0.214. The second-order valence-corrected chi connectivity index (χ2v) is 4.04. The van der Waals surface area contributed by atoms with Crippen LogP contribution >= 0.6 is 0 Å². The Balaban J connectivity index is 2.27. The standard InChI is InChI=1S/C14H15N3O/c1-3-11-6-4-5-10(2)13(11)17-14(18)12-7-15-9-16-8-12/h4-9H,3H2,1-2H3,(H,17,18). The Morgan fingerprint density at radius 3 is 2.67 bits per heavy atom. The largest absolute Gasteiger partial charge is 0.321 e. The van der Waals surface area contributed by atoms with E-state index < -0.39 is 0 Å². The first-order valence-corrected chi connectivity index (χ1v) is 5.87. The number of rotatable bonds is 3. The predicted molar refractivity (Wildman–Crippen MR) is 70.5 cm³/mol. The summed E-state index contributed by atoms with van der Waals surface area (Å²) in [7, 11) is 0. The van der Waals surface area contributed by atoms with Gasteiger partial charge in [0, 0.05) is 18.1 Å². The van der Waals surface area contributed by atoms with E-state index in [0.717, 1.165) is 23.2 Å². The second-order valence-electron chi connectivity index (χ2n) is 4.04. The van der Waals surface area contributed by atoms with Crippen molar-refractivity contribution in [3.63, 3.8) is 0 Å². The van der Waals surface area contributed by atoms with Crippen LogP contribution in [0.1, 0.15) is 28.4 Å². The number of para-hydroxylation sites is 1. The van der Waals surface area contributed by atoms with Crippen molar-refractivity contribution in [3.8, 4) is 0 Å². The fourth-order valence-corrected chi connectivity index (χ4v) is 1.80. The van der Waals surface area contributed by atoms with Crippen molar-refractivity contribution < 1.29 is 4.79 Å². The molecule has 0 spiro atoms. The van der Waals surface area contributed by atoms with Crippen LogP contribution < -0.4 is 5.32 Å². The summed E-state index contributed by atoms with van der Waals surface area (Å²) in [6.45, 7) is 4.05. The van der Waals surface area contributed by atoms with E-state index in [0.29, 0.717) is 5.56 Å². The number of carbonyl (C=O) groups is 1. The van der Waals surface area contributed by atoms with Gasteiger partial charge in [-0.25, -0.2) is 9.97 Å².